The van der Waals surface area contributed by atoms with E-state index < -0.39 is 0 Å². The van der Waals surface area contributed by atoms with Crippen LogP contribution in [-0.2, 0) is 0 Å². The van der Waals surface area contributed by atoms with Crippen LogP contribution in [0.5, 0.6) is 0 Å². The van der Waals surface area contributed by atoms with Gasteiger partial charge in [-0.25, -0.2) is 10.4 Å². The average Bonchev–Trinajstić information content (AvgIpc) is 2.10. The van der Waals surface area contributed by atoms with Crippen LogP contribution in [0, 0.1) is 0 Å². The Hall–Kier alpha value is -1.55. The van der Waals surface area contributed by atoms with Gasteiger partial charge in [0.15, 0.2) is 0 Å². The zero-order valence-electron chi connectivity index (χ0n) is 6.83. The van der Waals surface area contributed by atoms with E-state index in [4.69, 9.17) is 5.11 Å². The smallest absolute Gasteiger partial charge is 0.139 e. The molecule has 0 aliphatic carbocycles. The molecule has 4 heteroatoms. The minimum absolute atomic E-state index is 0.500. The molecule has 0 spiro atoms. The molecule has 0 heterocycles. The lowest BCUT2D eigenvalue weighted by Gasteiger charge is -2.04. The van der Waals surface area contributed by atoms with Gasteiger partial charge in [0.25, 0.3) is 0 Å². The highest BCUT2D eigenvalue weighted by Crippen LogP contribution is 1.86. The van der Waals surface area contributed by atoms with Crippen LogP contribution in [0.3, 0.4) is 0 Å². The van der Waals surface area contributed by atoms with E-state index in [-0.39, 0.29) is 0 Å². The molecule has 12 heavy (non-hydrogen) atoms. The second kappa shape index (κ2) is 7.56. The van der Waals surface area contributed by atoms with Crippen molar-refractivity contribution in [2.24, 2.45) is 4.99 Å². The van der Waals surface area contributed by atoms with E-state index >= 15 is 0 Å². The van der Waals surface area contributed by atoms with Gasteiger partial charge in [0.05, 0.1) is 6.26 Å². The van der Waals surface area contributed by atoms with Gasteiger partial charge in [-0.05, 0) is 18.9 Å². The van der Waals surface area contributed by atoms with Crippen molar-refractivity contribution in [3.63, 3.8) is 0 Å². The molecule has 0 aromatic heterocycles. The highest BCUT2D eigenvalue weighted by Gasteiger charge is 1.85. The van der Waals surface area contributed by atoms with Crippen LogP contribution in [0.2, 0.25) is 0 Å². The molecule has 0 aliphatic heterocycles. The second-order valence-electron chi connectivity index (χ2n) is 1.84. The topological polar surface area (TPSA) is 56.7 Å². The van der Waals surface area contributed by atoms with Crippen molar-refractivity contribution in [2.75, 3.05) is 6.54 Å². The summed E-state index contributed by atoms with van der Waals surface area (Å²) in [4.78, 5) is 3.66. The third-order valence-corrected chi connectivity index (χ3v) is 0.988. The van der Waals surface area contributed by atoms with Crippen LogP contribution < -0.4 is 10.9 Å². The first-order valence-electron chi connectivity index (χ1n) is 3.42. The van der Waals surface area contributed by atoms with Crippen LogP contribution in [-0.4, -0.2) is 18.4 Å². The fraction of sp³-hybridized carbons (Fsp3) is 0.125. The highest BCUT2D eigenvalue weighted by atomic mass is 16.2. The first kappa shape index (κ1) is 10.4. The van der Waals surface area contributed by atoms with E-state index in [1.54, 1.807) is 18.2 Å². The Labute approximate surface area is 72.0 Å². The van der Waals surface area contributed by atoms with Gasteiger partial charge in [-0.1, -0.05) is 12.7 Å². The van der Waals surface area contributed by atoms with E-state index in [9.17, 15) is 0 Å². The van der Waals surface area contributed by atoms with Gasteiger partial charge >= 0.3 is 0 Å². The van der Waals surface area contributed by atoms with Gasteiger partial charge in [-0.2, -0.15) is 0 Å². The summed E-state index contributed by atoms with van der Waals surface area (Å²) in [6.07, 6.45) is 5.78. The van der Waals surface area contributed by atoms with E-state index in [2.05, 4.69) is 29.1 Å². The summed E-state index contributed by atoms with van der Waals surface area (Å²) in [6.45, 7) is 7.35. The Kier molecular flexibility index (Phi) is 6.58. The fourth-order valence-corrected chi connectivity index (χ4v) is 0.499. The lowest BCUT2D eigenvalue weighted by Crippen LogP contribution is -2.30. The van der Waals surface area contributed by atoms with Gasteiger partial charge in [0.2, 0.25) is 0 Å². The van der Waals surface area contributed by atoms with Gasteiger partial charge in [-0.15, -0.1) is 0 Å². The first-order chi connectivity index (χ1) is 5.85. The number of rotatable bonds is 6. The fourth-order valence-electron chi connectivity index (χ4n) is 0.499. The molecule has 4 nitrogen and oxygen atoms in total. The number of aliphatic imine (C=N–C) groups is 1. The molecule has 0 saturated carbocycles. The first-order valence-corrected chi connectivity index (χ1v) is 3.42. The minimum Gasteiger partial charge on any atom is -0.516 e. The van der Waals surface area contributed by atoms with Crippen LogP contribution >= 0.6 is 0 Å². The minimum atomic E-state index is 0.500. The lowest BCUT2D eigenvalue weighted by atomic mass is 10.5. The molecule has 0 amide bonds. The molecule has 0 bridgehead atoms. The van der Waals surface area contributed by atoms with Gasteiger partial charge in [0, 0.05) is 6.54 Å². The van der Waals surface area contributed by atoms with E-state index in [0.717, 1.165) is 6.26 Å². The number of hydrazine groups is 1. The Morgan fingerprint density at radius 2 is 2.33 bits per heavy atom. The molecule has 0 aromatic carbocycles. The number of aliphatic hydroxyl groups excluding tert-OH is 1. The SMILES string of the molecule is C=C/C=C(\N=C)NNC/C=C/O. The zero-order chi connectivity index (χ0) is 9.23. The molecule has 0 atom stereocenters. The number of aliphatic hydroxyl groups is 1. The molecular formula is C8H13N3O. The average molecular weight is 167 g/mol. The van der Waals surface area contributed by atoms with Crippen molar-refractivity contribution in [2.45, 2.75) is 0 Å². The van der Waals surface area contributed by atoms with E-state index in [1.165, 1.54) is 0 Å². The molecule has 0 radical (unpaired) electrons. The summed E-state index contributed by atoms with van der Waals surface area (Å²) < 4.78 is 0. The molecular weight excluding hydrogens is 154 g/mol. The molecule has 66 valence electrons. The summed E-state index contributed by atoms with van der Waals surface area (Å²) in [5.74, 6) is 0.580. The normalized spacial score (nSPS) is 11.5. The van der Waals surface area contributed by atoms with Crippen LogP contribution in [0.25, 0.3) is 0 Å². The van der Waals surface area contributed by atoms with Crippen molar-refractivity contribution >= 4 is 6.72 Å². The molecule has 0 aliphatic rings. The quantitative estimate of drug-likeness (QED) is 0.181. The zero-order valence-corrected chi connectivity index (χ0v) is 6.83. The summed E-state index contributed by atoms with van der Waals surface area (Å²) >= 11 is 0. The van der Waals surface area contributed by atoms with Crippen molar-refractivity contribution < 1.29 is 5.11 Å². The molecule has 0 aromatic rings. The van der Waals surface area contributed by atoms with E-state index in [1.807, 2.05) is 0 Å². The summed E-state index contributed by atoms with van der Waals surface area (Å²) in [5, 5.41) is 8.28. The monoisotopic (exact) mass is 167 g/mol. The van der Waals surface area contributed by atoms with Crippen molar-refractivity contribution in [1.82, 2.24) is 10.9 Å². The largest absolute Gasteiger partial charge is 0.516 e. The maximum atomic E-state index is 8.28. The van der Waals surface area contributed by atoms with Crippen LogP contribution in [0.4, 0.5) is 0 Å². The van der Waals surface area contributed by atoms with Gasteiger partial charge in [-0.3, -0.25) is 0 Å². The second-order valence-corrected chi connectivity index (χ2v) is 1.84. The number of hydrogen-bond acceptors (Lipinski definition) is 4. The maximum Gasteiger partial charge on any atom is 0.139 e. The van der Waals surface area contributed by atoms with Crippen molar-refractivity contribution in [3.8, 4) is 0 Å². The van der Waals surface area contributed by atoms with Crippen molar-refractivity contribution in [3.05, 3.63) is 36.9 Å². The standard InChI is InChI=1S/C8H13N3O/c1-3-5-8(9-2)11-10-6-4-7-12/h3-5,7,10-12H,1-2,6H2/b7-4+,8-5+. The van der Waals surface area contributed by atoms with Crippen LogP contribution in [0.1, 0.15) is 0 Å². The molecule has 3 N–H and O–H groups in total. The molecule has 0 rings (SSSR count). The number of hydrogen-bond donors (Lipinski definition) is 3. The Morgan fingerprint density at radius 3 is 2.83 bits per heavy atom. The summed E-state index contributed by atoms with van der Waals surface area (Å²) in [7, 11) is 0. The number of nitrogens with one attached hydrogen (secondary N) is 2. The molecule has 0 fully saturated rings. The molecule has 0 saturated heterocycles. The van der Waals surface area contributed by atoms with Crippen LogP contribution in [0.15, 0.2) is 41.9 Å². The Morgan fingerprint density at radius 1 is 1.58 bits per heavy atom. The van der Waals surface area contributed by atoms with Crippen molar-refractivity contribution in [1.29, 1.82) is 0 Å². The van der Waals surface area contributed by atoms with E-state index in [0.29, 0.717) is 12.4 Å². The summed E-state index contributed by atoms with van der Waals surface area (Å²) in [5.41, 5.74) is 5.53. The summed E-state index contributed by atoms with van der Waals surface area (Å²) in [6, 6.07) is 0. The molecule has 0 unspecified atom stereocenters. The third kappa shape index (κ3) is 5.25. The van der Waals surface area contributed by atoms with Gasteiger partial charge < -0.3 is 10.5 Å². The number of nitrogens with zero attached hydrogens (tertiary/aromatic N) is 1. The maximum absolute atomic E-state index is 8.28. The number of allylic oxidation sites excluding steroid dienone is 2. The Balaban J connectivity index is 3.65. The predicted octanol–water partition coefficient (Wildman–Crippen LogP) is 0.880. The highest BCUT2D eigenvalue weighted by molar-refractivity contribution is 5.29. The third-order valence-electron chi connectivity index (χ3n) is 0.988. The van der Waals surface area contributed by atoms with Gasteiger partial charge in [0.1, 0.15) is 5.82 Å². The lowest BCUT2D eigenvalue weighted by molar-refractivity contribution is 0.469. The predicted molar refractivity (Wildman–Crippen MR) is 50.7 cm³/mol. The Bertz CT molecular complexity index is 196.